The van der Waals surface area contributed by atoms with E-state index in [1.165, 1.54) is 0 Å². The maximum absolute atomic E-state index is 5.59. The second-order valence-electron chi connectivity index (χ2n) is 4.00. The normalized spacial score (nSPS) is 26.1. The predicted octanol–water partition coefficient (Wildman–Crippen LogP) is 2.48. The highest BCUT2D eigenvalue weighted by Gasteiger charge is 2.51. The molecule has 1 aliphatic rings. The van der Waals surface area contributed by atoms with Crippen LogP contribution in [0.1, 0.15) is 19.4 Å². The predicted molar refractivity (Wildman–Crippen MR) is 67.6 cm³/mol. The van der Waals surface area contributed by atoms with Crippen LogP contribution in [0.2, 0.25) is 0 Å². The highest BCUT2D eigenvalue weighted by Crippen LogP contribution is 2.37. The van der Waals surface area contributed by atoms with E-state index in [1.807, 2.05) is 44.2 Å². The van der Waals surface area contributed by atoms with Crippen LogP contribution in [-0.4, -0.2) is 25.4 Å². The van der Waals surface area contributed by atoms with Crippen LogP contribution in [0, 0.1) is 17.8 Å². The molecule has 1 aromatic carbocycles. The number of rotatable bonds is 4. The fourth-order valence-electron chi connectivity index (χ4n) is 1.89. The van der Waals surface area contributed by atoms with Crippen molar-refractivity contribution in [2.24, 2.45) is 5.92 Å². The molecule has 90 valence electrons. The van der Waals surface area contributed by atoms with Gasteiger partial charge < -0.3 is 9.47 Å². The Morgan fingerprint density at radius 3 is 2.12 bits per heavy atom. The Hall–Kier alpha value is -1.30. The van der Waals surface area contributed by atoms with E-state index in [4.69, 9.17) is 9.47 Å². The van der Waals surface area contributed by atoms with E-state index in [0.29, 0.717) is 0 Å². The van der Waals surface area contributed by atoms with Crippen molar-refractivity contribution >= 4 is 0 Å². The summed E-state index contributed by atoms with van der Waals surface area (Å²) in [7, 11) is 0. The van der Waals surface area contributed by atoms with Crippen LogP contribution in [0.3, 0.4) is 0 Å². The molecular weight excluding hydrogens is 212 g/mol. The van der Waals surface area contributed by atoms with Crippen LogP contribution in [0.25, 0.3) is 0 Å². The van der Waals surface area contributed by atoms with Crippen LogP contribution in [0.4, 0.5) is 0 Å². The molecule has 0 bridgehead atoms. The van der Waals surface area contributed by atoms with Gasteiger partial charge in [0.15, 0.2) is 0 Å². The maximum atomic E-state index is 5.59. The van der Waals surface area contributed by atoms with Gasteiger partial charge in [0.2, 0.25) is 0 Å². The Morgan fingerprint density at radius 2 is 1.59 bits per heavy atom. The topological polar surface area (TPSA) is 18.5 Å². The van der Waals surface area contributed by atoms with E-state index in [9.17, 15) is 0 Å². The van der Waals surface area contributed by atoms with Gasteiger partial charge in [-0.05, 0) is 26.0 Å². The van der Waals surface area contributed by atoms with E-state index < -0.39 is 0 Å². The molecule has 0 spiro atoms. The number of ether oxygens (including phenoxy) is 2. The number of hydrogen-bond acceptors (Lipinski definition) is 2. The molecule has 0 aromatic heterocycles. The summed E-state index contributed by atoms with van der Waals surface area (Å²) in [6, 6.07) is 10.0. The summed E-state index contributed by atoms with van der Waals surface area (Å²) in [5.74, 6) is 6.65. The summed E-state index contributed by atoms with van der Waals surface area (Å²) in [4.78, 5) is 0. The summed E-state index contributed by atoms with van der Waals surface area (Å²) < 4.78 is 11.2. The quantitative estimate of drug-likeness (QED) is 0.740. The fraction of sp³-hybridized carbons (Fsp3) is 0.467. The number of hydrogen-bond donors (Lipinski definition) is 0. The molecular formula is C15H18O2. The molecule has 2 rings (SSSR count). The third-order valence-corrected chi connectivity index (χ3v) is 2.77. The molecule has 0 radical (unpaired) electrons. The second kappa shape index (κ2) is 5.86. The van der Waals surface area contributed by atoms with Gasteiger partial charge in [-0.3, -0.25) is 0 Å². The van der Waals surface area contributed by atoms with Gasteiger partial charge in [0.05, 0.1) is 5.92 Å². The molecule has 0 N–H and O–H groups in total. The van der Waals surface area contributed by atoms with Crippen molar-refractivity contribution in [3.8, 4) is 11.8 Å². The summed E-state index contributed by atoms with van der Waals surface area (Å²) in [5.41, 5.74) is 1.05. The minimum absolute atomic E-state index is 0.163. The molecule has 1 aliphatic carbocycles. The van der Waals surface area contributed by atoms with Crippen molar-refractivity contribution in [1.82, 2.24) is 0 Å². The molecule has 0 saturated heterocycles. The van der Waals surface area contributed by atoms with Crippen molar-refractivity contribution in [2.75, 3.05) is 13.2 Å². The first-order valence-electron chi connectivity index (χ1n) is 6.16. The van der Waals surface area contributed by atoms with Crippen molar-refractivity contribution in [3.63, 3.8) is 0 Å². The van der Waals surface area contributed by atoms with E-state index in [1.54, 1.807) is 0 Å². The molecule has 0 heterocycles. The zero-order chi connectivity index (χ0) is 12.1. The number of benzene rings is 1. The Balaban J connectivity index is 1.97. The van der Waals surface area contributed by atoms with E-state index in [0.717, 1.165) is 18.8 Å². The van der Waals surface area contributed by atoms with Crippen molar-refractivity contribution in [1.29, 1.82) is 0 Å². The van der Waals surface area contributed by atoms with Gasteiger partial charge in [0, 0.05) is 18.8 Å². The fourth-order valence-corrected chi connectivity index (χ4v) is 1.89. The summed E-state index contributed by atoms with van der Waals surface area (Å²) in [6.45, 7) is 5.45. The highest BCUT2D eigenvalue weighted by molar-refractivity contribution is 5.36. The molecule has 17 heavy (non-hydrogen) atoms. The molecule has 0 amide bonds. The van der Waals surface area contributed by atoms with Crippen molar-refractivity contribution < 1.29 is 9.47 Å². The first kappa shape index (κ1) is 12.2. The Labute approximate surface area is 103 Å². The van der Waals surface area contributed by atoms with E-state index in [2.05, 4.69) is 11.8 Å². The average molecular weight is 230 g/mol. The molecule has 0 aliphatic heterocycles. The lowest BCUT2D eigenvalue weighted by atomic mass is 10.2. The second-order valence-corrected chi connectivity index (χ2v) is 4.00. The van der Waals surface area contributed by atoms with Crippen molar-refractivity contribution in [3.05, 3.63) is 35.9 Å². The molecule has 1 saturated carbocycles. The molecule has 2 nitrogen and oxygen atoms in total. The summed E-state index contributed by atoms with van der Waals surface area (Å²) in [5, 5.41) is 0. The van der Waals surface area contributed by atoms with Crippen LogP contribution in [-0.2, 0) is 9.47 Å². The molecule has 1 fully saturated rings. The van der Waals surface area contributed by atoms with Gasteiger partial charge in [-0.25, -0.2) is 0 Å². The molecule has 1 aromatic rings. The first-order valence-corrected chi connectivity index (χ1v) is 6.16. The van der Waals surface area contributed by atoms with Gasteiger partial charge >= 0.3 is 0 Å². The Kier molecular flexibility index (Phi) is 4.19. The van der Waals surface area contributed by atoms with Gasteiger partial charge in [-0.15, -0.1) is 0 Å². The van der Waals surface area contributed by atoms with Crippen LogP contribution < -0.4 is 0 Å². The maximum Gasteiger partial charge on any atom is 0.101 e. The molecule has 2 heteroatoms. The van der Waals surface area contributed by atoms with Gasteiger partial charge in [-0.1, -0.05) is 30.0 Å². The standard InChI is InChI=1S/C15H18O2/c1-3-16-14-13(15(14)17-4-2)11-10-12-8-6-5-7-9-12/h5-9,13-15H,3-4H2,1-2H3. The zero-order valence-electron chi connectivity index (χ0n) is 10.3. The lowest BCUT2D eigenvalue weighted by Gasteiger charge is -1.97. The lowest BCUT2D eigenvalue weighted by Crippen LogP contribution is -2.02. The zero-order valence-corrected chi connectivity index (χ0v) is 10.3. The summed E-state index contributed by atoms with van der Waals surface area (Å²) in [6.07, 6.45) is 0.326. The monoisotopic (exact) mass is 230 g/mol. The Bertz CT molecular complexity index is 390. The third-order valence-electron chi connectivity index (χ3n) is 2.77. The first-order chi connectivity index (χ1) is 8.36. The van der Waals surface area contributed by atoms with Gasteiger partial charge in [0.1, 0.15) is 12.2 Å². The van der Waals surface area contributed by atoms with Crippen molar-refractivity contribution in [2.45, 2.75) is 26.1 Å². The minimum Gasteiger partial charge on any atom is -0.374 e. The average Bonchev–Trinajstić information content (AvgIpc) is 3.01. The largest absolute Gasteiger partial charge is 0.374 e. The molecule has 2 atom stereocenters. The van der Waals surface area contributed by atoms with E-state index >= 15 is 0 Å². The highest BCUT2D eigenvalue weighted by atomic mass is 16.6. The van der Waals surface area contributed by atoms with Crippen LogP contribution in [0.15, 0.2) is 30.3 Å². The van der Waals surface area contributed by atoms with Crippen LogP contribution >= 0.6 is 0 Å². The smallest absolute Gasteiger partial charge is 0.101 e. The third kappa shape index (κ3) is 3.09. The van der Waals surface area contributed by atoms with Gasteiger partial charge in [0.25, 0.3) is 0 Å². The SMILES string of the molecule is CCOC1C(C#Cc2ccccc2)C1OCC. The van der Waals surface area contributed by atoms with Gasteiger partial charge in [-0.2, -0.15) is 0 Å². The lowest BCUT2D eigenvalue weighted by molar-refractivity contribution is 0.0535. The van der Waals surface area contributed by atoms with E-state index in [-0.39, 0.29) is 18.1 Å². The Morgan fingerprint density at radius 1 is 1.00 bits per heavy atom. The van der Waals surface area contributed by atoms with Crippen LogP contribution in [0.5, 0.6) is 0 Å². The molecule has 2 unspecified atom stereocenters. The minimum atomic E-state index is 0.163. The summed E-state index contributed by atoms with van der Waals surface area (Å²) >= 11 is 0.